The first-order valence-corrected chi connectivity index (χ1v) is 7.00. The van der Waals surface area contributed by atoms with Crippen molar-refractivity contribution < 1.29 is 13.6 Å². The number of rotatable bonds is 1. The molecule has 1 aromatic carbocycles. The molecule has 1 aliphatic heterocycles. The van der Waals surface area contributed by atoms with Gasteiger partial charge < -0.3 is 4.90 Å². The number of likely N-dealkylation sites (tertiary alicyclic amines) is 1. The molecular formula is C14H11BrF2N2O. The van der Waals surface area contributed by atoms with Crippen molar-refractivity contribution in [2.24, 2.45) is 5.41 Å². The van der Waals surface area contributed by atoms with Crippen LogP contribution in [0.4, 0.5) is 8.78 Å². The Labute approximate surface area is 123 Å². The largest absolute Gasteiger partial charge is 0.337 e. The third kappa shape index (κ3) is 2.10. The van der Waals surface area contributed by atoms with E-state index in [1.165, 1.54) is 0 Å². The fourth-order valence-electron chi connectivity index (χ4n) is 3.10. The second-order valence-corrected chi connectivity index (χ2v) is 6.53. The van der Waals surface area contributed by atoms with Gasteiger partial charge in [0.1, 0.15) is 6.07 Å². The van der Waals surface area contributed by atoms with Crippen molar-refractivity contribution in [1.29, 1.82) is 5.26 Å². The second-order valence-electron chi connectivity index (χ2n) is 5.68. The molecule has 3 rings (SSSR count). The molecule has 1 aliphatic carbocycles. The van der Waals surface area contributed by atoms with Crippen LogP contribution in [0.2, 0.25) is 0 Å². The van der Waals surface area contributed by atoms with Crippen LogP contribution in [0.1, 0.15) is 28.8 Å². The predicted octanol–water partition coefficient (Wildman–Crippen LogP) is 3.19. The maximum atomic E-state index is 12.9. The Morgan fingerprint density at radius 3 is 2.50 bits per heavy atom. The van der Waals surface area contributed by atoms with Gasteiger partial charge in [0, 0.05) is 41.4 Å². The molecular weight excluding hydrogens is 330 g/mol. The van der Waals surface area contributed by atoms with Crippen LogP contribution in [0.5, 0.6) is 0 Å². The summed E-state index contributed by atoms with van der Waals surface area (Å²) < 4.78 is 26.4. The van der Waals surface area contributed by atoms with E-state index in [9.17, 15) is 13.6 Å². The lowest BCUT2D eigenvalue weighted by Crippen LogP contribution is -2.66. The molecule has 0 unspecified atom stereocenters. The monoisotopic (exact) mass is 340 g/mol. The van der Waals surface area contributed by atoms with Crippen LogP contribution >= 0.6 is 15.9 Å². The highest BCUT2D eigenvalue weighted by atomic mass is 79.9. The minimum Gasteiger partial charge on any atom is -0.337 e. The Kier molecular flexibility index (Phi) is 2.87. The van der Waals surface area contributed by atoms with Gasteiger partial charge in [-0.2, -0.15) is 5.26 Å². The van der Waals surface area contributed by atoms with Gasteiger partial charge >= 0.3 is 0 Å². The Morgan fingerprint density at radius 2 is 2.00 bits per heavy atom. The molecule has 0 atom stereocenters. The summed E-state index contributed by atoms with van der Waals surface area (Å²) in [7, 11) is 0. The topological polar surface area (TPSA) is 44.1 Å². The van der Waals surface area contributed by atoms with Crippen molar-refractivity contribution in [3.63, 3.8) is 0 Å². The summed E-state index contributed by atoms with van der Waals surface area (Å²) >= 11 is 3.23. The van der Waals surface area contributed by atoms with Gasteiger partial charge in [-0.1, -0.05) is 0 Å². The number of amides is 1. The maximum absolute atomic E-state index is 12.9. The fraction of sp³-hybridized carbons (Fsp3) is 0.429. The normalized spacial score (nSPS) is 21.8. The van der Waals surface area contributed by atoms with Crippen molar-refractivity contribution in [3.8, 4) is 6.07 Å². The first-order valence-electron chi connectivity index (χ1n) is 6.21. The average Bonchev–Trinajstić information content (AvgIpc) is 2.31. The van der Waals surface area contributed by atoms with E-state index in [2.05, 4.69) is 15.9 Å². The van der Waals surface area contributed by atoms with E-state index in [1.807, 2.05) is 6.07 Å². The van der Waals surface area contributed by atoms with Crippen LogP contribution in [-0.4, -0.2) is 29.8 Å². The van der Waals surface area contributed by atoms with Gasteiger partial charge in [0.15, 0.2) is 0 Å². The maximum Gasteiger partial charge on any atom is 0.253 e. The zero-order chi connectivity index (χ0) is 14.5. The van der Waals surface area contributed by atoms with Crippen molar-refractivity contribution in [1.82, 2.24) is 4.90 Å². The first-order chi connectivity index (χ1) is 9.34. The molecule has 0 bridgehead atoms. The number of benzene rings is 1. The molecule has 6 heteroatoms. The predicted molar refractivity (Wildman–Crippen MR) is 71.4 cm³/mol. The van der Waals surface area contributed by atoms with Crippen molar-refractivity contribution in [2.45, 2.75) is 18.8 Å². The summed E-state index contributed by atoms with van der Waals surface area (Å²) in [6.45, 7) is 0.804. The number of carbonyl (C=O) groups excluding carboxylic acids is 1. The molecule has 3 nitrogen and oxygen atoms in total. The summed E-state index contributed by atoms with van der Waals surface area (Å²) in [6.07, 6.45) is -0.221. The van der Waals surface area contributed by atoms with Gasteiger partial charge in [0.25, 0.3) is 5.91 Å². The molecule has 0 aromatic heterocycles. The SMILES string of the molecule is N#Cc1ccc(C(=O)N2CC3(C2)CC(F)(F)C3)cc1Br. The number of hydrogen-bond donors (Lipinski definition) is 0. The van der Waals surface area contributed by atoms with E-state index in [4.69, 9.17) is 5.26 Å². The number of nitrogens with zero attached hydrogens (tertiary/aromatic N) is 2. The number of hydrogen-bond acceptors (Lipinski definition) is 2. The molecule has 20 heavy (non-hydrogen) atoms. The second kappa shape index (κ2) is 4.26. The van der Waals surface area contributed by atoms with Crippen molar-refractivity contribution >= 4 is 21.8 Å². The highest BCUT2D eigenvalue weighted by Gasteiger charge is 2.62. The summed E-state index contributed by atoms with van der Waals surface area (Å²) in [5.41, 5.74) is 0.570. The van der Waals surface area contributed by atoms with Gasteiger partial charge in [-0.25, -0.2) is 8.78 Å². The summed E-state index contributed by atoms with van der Waals surface area (Å²) in [5, 5.41) is 8.83. The summed E-state index contributed by atoms with van der Waals surface area (Å²) in [5.74, 6) is -2.72. The van der Waals surface area contributed by atoms with E-state index in [0.717, 1.165) is 0 Å². The molecule has 1 aromatic rings. The van der Waals surface area contributed by atoms with Crippen LogP contribution in [0.25, 0.3) is 0 Å². The number of alkyl halides is 2. The van der Waals surface area contributed by atoms with Crippen molar-refractivity contribution in [3.05, 3.63) is 33.8 Å². The summed E-state index contributed by atoms with van der Waals surface area (Å²) in [6, 6.07) is 6.77. The Balaban J connectivity index is 1.67. The minimum absolute atomic E-state index is 0.110. The third-order valence-corrected chi connectivity index (χ3v) is 4.60. The standard InChI is InChI=1S/C14H11BrF2N2O/c15-11-3-9(1-2-10(11)4-18)12(20)19-7-13(8-19)5-14(16,17)6-13/h1-3H,5-8H2. The highest BCUT2D eigenvalue weighted by molar-refractivity contribution is 9.10. The molecule has 1 saturated carbocycles. The van der Waals surface area contributed by atoms with Crippen LogP contribution in [-0.2, 0) is 0 Å². The molecule has 1 heterocycles. The van der Waals surface area contributed by atoms with E-state index in [-0.39, 0.29) is 24.2 Å². The number of carbonyl (C=O) groups is 1. The molecule has 1 saturated heterocycles. The number of halogens is 3. The van der Waals surface area contributed by atoms with Crippen LogP contribution in [0, 0.1) is 16.7 Å². The quantitative estimate of drug-likeness (QED) is 0.787. The molecule has 2 fully saturated rings. The minimum atomic E-state index is -2.55. The summed E-state index contributed by atoms with van der Waals surface area (Å²) in [4.78, 5) is 13.8. The Morgan fingerprint density at radius 1 is 1.35 bits per heavy atom. The molecule has 2 aliphatic rings. The Bertz CT molecular complexity index is 623. The first kappa shape index (κ1) is 13.5. The lowest BCUT2D eigenvalue weighted by atomic mass is 9.61. The van der Waals surface area contributed by atoms with Gasteiger partial charge in [0.2, 0.25) is 5.92 Å². The van der Waals surface area contributed by atoms with Gasteiger partial charge in [-0.3, -0.25) is 4.79 Å². The van der Waals surface area contributed by atoms with Gasteiger partial charge in [0.05, 0.1) is 5.56 Å². The van der Waals surface area contributed by atoms with E-state index in [1.54, 1.807) is 23.1 Å². The molecule has 1 amide bonds. The zero-order valence-corrected chi connectivity index (χ0v) is 12.1. The van der Waals surface area contributed by atoms with Crippen LogP contribution in [0.15, 0.2) is 22.7 Å². The molecule has 0 radical (unpaired) electrons. The van der Waals surface area contributed by atoms with E-state index in [0.29, 0.717) is 28.7 Å². The van der Waals surface area contributed by atoms with Crippen molar-refractivity contribution in [2.75, 3.05) is 13.1 Å². The molecule has 1 spiro atoms. The lowest BCUT2D eigenvalue weighted by Gasteiger charge is -2.58. The molecule has 0 N–H and O–H groups in total. The lowest BCUT2D eigenvalue weighted by molar-refractivity contribution is -0.203. The van der Waals surface area contributed by atoms with E-state index >= 15 is 0 Å². The average molecular weight is 341 g/mol. The smallest absolute Gasteiger partial charge is 0.253 e. The van der Waals surface area contributed by atoms with Crippen LogP contribution < -0.4 is 0 Å². The molecule has 104 valence electrons. The van der Waals surface area contributed by atoms with E-state index < -0.39 is 5.92 Å². The number of nitriles is 1. The van der Waals surface area contributed by atoms with Gasteiger partial charge in [-0.15, -0.1) is 0 Å². The zero-order valence-electron chi connectivity index (χ0n) is 10.5. The Hall–Kier alpha value is -1.48. The van der Waals surface area contributed by atoms with Gasteiger partial charge in [-0.05, 0) is 34.1 Å². The third-order valence-electron chi connectivity index (χ3n) is 3.94. The van der Waals surface area contributed by atoms with Crippen LogP contribution in [0.3, 0.4) is 0 Å². The highest BCUT2D eigenvalue weighted by Crippen LogP contribution is 2.56. The fourth-order valence-corrected chi connectivity index (χ4v) is 3.56.